The molecule has 1 aromatic heterocycles. The van der Waals surface area contributed by atoms with Gasteiger partial charge in [-0.15, -0.1) is 0 Å². The Morgan fingerprint density at radius 1 is 0.974 bits per heavy atom. The lowest BCUT2D eigenvalue weighted by atomic mass is 9.97. The SMILES string of the molecule is COc1c(-c2ccc(-c3ccc(CCOCCN4CC(O)C4)cc3)cc2)nc2ccccc2c1C(=O)/C=C/O. The molecule has 2 heterocycles. The lowest BCUT2D eigenvalue weighted by molar-refractivity contribution is -0.0141. The third-order valence-electron chi connectivity index (χ3n) is 6.99. The smallest absolute Gasteiger partial charge is 0.193 e. The Labute approximate surface area is 228 Å². The highest BCUT2D eigenvalue weighted by molar-refractivity contribution is 6.16. The van der Waals surface area contributed by atoms with Crippen molar-refractivity contribution in [2.45, 2.75) is 12.5 Å². The summed E-state index contributed by atoms with van der Waals surface area (Å²) in [7, 11) is 1.52. The van der Waals surface area contributed by atoms with Crippen molar-refractivity contribution in [3.63, 3.8) is 0 Å². The highest BCUT2D eigenvalue weighted by atomic mass is 16.5. The van der Waals surface area contributed by atoms with Gasteiger partial charge in [0.2, 0.25) is 0 Å². The highest BCUT2D eigenvalue weighted by Gasteiger charge is 2.23. The quantitative estimate of drug-likeness (QED) is 0.123. The minimum atomic E-state index is -0.354. The van der Waals surface area contributed by atoms with Crippen LogP contribution in [0.25, 0.3) is 33.3 Å². The molecule has 0 aliphatic carbocycles. The summed E-state index contributed by atoms with van der Waals surface area (Å²) < 4.78 is 11.4. The van der Waals surface area contributed by atoms with E-state index in [0.717, 1.165) is 55.1 Å². The van der Waals surface area contributed by atoms with Gasteiger partial charge in [-0.3, -0.25) is 9.69 Å². The number of carbonyl (C=O) groups excluding carboxylic acids is 1. The van der Waals surface area contributed by atoms with E-state index in [1.54, 1.807) is 0 Å². The Hall–Kier alpha value is -4.04. The van der Waals surface area contributed by atoms with Gasteiger partial charge in [-0.1, -0.05) is 66.7 Å². The van der Waals surface area contributed by atoms with Gasteiger partial charge in [0.15, 0.2) is 11.5 Å². The summed E-state index contributed by atoms with van der Waals surface area (Å²) >= 11 is 0. The fourth-order valence-electron chi connectivity index (χ4n) is 4.88. The number of fused-ring (bicyclic) bond motifs is 1. The molecule has 1 saturated heterocycles. The van der Waals surface area contributed by atoms with Crippen molar-refractivity contribution in [2.75, 3.05) is 40.0 Å². The zero-order valence-corrected chi connectivity index (χ0v) is 21.9. The van der Waals surface area contributed by atoms with Crippen LogP contribution in [0.4, 0.5) is 0 Å². The number of para-hydroxylation sites is 1. The summed E-state index contributed by atoms with van der Waals surface area (Å²) in [5, 5.41) is 19.2. The predicted molar refractivity (Wildman–Crippen MR) is 152 cm³/mol. The first-order chi connectivity index (χ1) is 19.1. The van der Waals surface area contributed by atoms with Crippen LogP contribution < -0.4 is 4.74 Å². The maximum Gasteiger partial charge on any atom is 0.193 e. The minimum Gasteiger partial charge on any atom is -0.515 e. The topological polar surface area (TPSA) is 92.1 Å². The zero-order chi connectivity index (χ0) is 27.2. The lowest BCUT2D eigenvalue weighted by Crippen LogP contribution is -2.51. The Morgan fingerprint density at radius 3 is 2.31 bits per heavy atom. The fraction of sp³-hybridized carbons (Fsp3) is 0.250. The van der Waals surface area contributed by atoms with E-state index >= 15 is 0 Å². The molecule has 7 nitrogen and oxygen atoms in total. The average Bonchev–Trinajstić information content (AvgIpc) is 2.95. The largest absolute Gasteiger partial charge is 0.515 e. The van der Waals surface area contributed by atoms with Crippen LogP contribution in [-0.2, 0) is 11.2 Å². The molecule has 7 heteroatoms. The molecule has 1 aliphatic rings. The third-order valence-corrected chi connectivity index (χ3v) is 6.99. The third kappa shape index (κ3) is 6.01. The Kier molecular flexibility index (Phi) is 8.32. The first-order valence-electron chi connectivity index (χ1n) is 13.1. The Morgan fingerprint density at radius 2 is 1.64 bits per heavy atom. The zero-order valence-electron chi connectivity index (χ0n) is 21.9. The van der Waals surface area contributed by atoms with Crippen molar-refractivity contribution in [1.29, 1.82) is 0 Å². The molecule has 0 atom stereocenters. The number of carbonyl (C=O) groups is 1. The minimum absolute atomic E-state index is 0.170. The molecule has 0 radical (unpaired) electrons. The summed E-state index contributed by atoms with van der Waals surface area (Å²) in [5.74, 6) is 0.0193. The van der Waals surface area contributed by atoms with Crippen LogP contribution in [0.5, 0.6) is 5.75 Å². The first kappa shape index (κ1) is 26.6. The summed E-state index contributed by atoms with van der Waals surface area (Å²) in [6, 6.07) is 23.9. The van der Waals surface area contributed by atoms with Gasteiger partial charge in [0.1, 0.15) is 5.69 Å². The molecule has 3 aromatic carbocycles. The number of ketones is 1. The number of β-amino-alcohol motifs (C(OH)–C–C–N with tert-alkyl or cyclic N) is 1. The highest BCUT2D eigenvalue weighted by Crippen LogP contribution is 2.37. The second kappa shape index (κ2) is 12.2. The Balaban J connectivity index is 1.30. The number of aliphatic hydroxyl groups excluding tert-OH is 2. The van der Waals surface area contributed by atoms with E-state index in [9.17, 15) is 15.0 Å². The number of likely N-dealkylation sites (tertiary alicyclic amines) is 1. The second-order valence-corrected chi connectivity index (χ2v) is 9.62. The maximum absolute atomic E-state index is 12.9. The monoisotopic (exact) mass is 524 g/mol. The van der Waals surface area contributed by atoms with Gasteiger partial charge < -0.3 is 19.7 Å². The number of rotatable bonds is 11. The van der Waals surface area contributed by atoms with Gasteiger partial charge in [0, 0.05) is 36.7 Å². The van der Waals surface area contributed by atoms with E-state index in [0.29, 0.717) is 41.1 Å². The molecule has 0 unspecified atom stereocenters. The molecule has 1 fully saturated rings. The summed E-state index contributed by atoms with van der Waals surface area (Å²) in [6.45, 7) is 3.72. The molecule has 0 amide bonds. The molecule has 4 aromatic rings. The number of allylic oxidation sites excluding steroid dienone is 1. The Bertz CT molecular complexity index is 1460. The van der Waals surface area contributed by atoms with E-state index in [1.165, 1.54) is 12.7 Å². The molecule has 200 valence electrons. The van der Waals surface area contributed by atoms with Crippen molar-refractivity contribution in [2.24, 2.45) is 0 Å². The van der Waals surface area contributed by atoms with Gasteiger partial charge in [0.25, 0.3) is 0 Å². The molecule has 2 N–H and O–H groups in total. The summed E-state index contributed by atoms with van der Waals surface area (Å²) in [4.78, 5) is 19.9. The van der Waals surface area contributed by atoms with Crippen LogP contribution in [0.15, 0.2) is 85.1 Å². The second-order valence-electron chi connectivity index (χ2n) is 9.62. The molecule has 1 aliphatic heterocycles. The van der Waals surface area contributed by atoms with Crippen molar-refractivity contribution < 1.29 is 24.5 Å². The molecular formula is C32H32N2O5. The standard InChI is InChI=1S/C32H32N2O5/c1-38-32-30(29(37)14-17-35)27-4-2-3-5-28(27)33-31(32)25-12-10-24(11-13-25)23-8-6-22(7-9-23)15-18-39-19-16-34-20-26(36)21-34/h2-14,17,26,35-36H,15-16,18-21H2,1H3/b17-14+. The number of ether oxygens (including phenoxy) is 2. The predicted octanol–water partition coefficient (Wildman–Crippen LogP) is 5.07. The van der Waals surface area contributed by atoms with Crippen LogP contribution in [-0.4, -0.2) is 71.9 Å². The molecule has 5 rings (SSSR count). The average molecular weight is 525 g/mol. The van der Waals surface area contributed by atoms with Gasteiger partial charge in [-0.05, 0) is 29.2 Å². The van der Waals surface area contributed by atoms with Gasteiger partial charge in [-0.25, -0.2) is 4.98 Å². The van der Waals surface area contributed by atoms with Crippen molar-refractivity contribution in [3.8, 4) is 28.1 Å². The van der Waals surface area contributed by atoms with E-state index in [-0.39, 0.29) is 11.9 Å². The van der Waals surface area contributed by atoms with Crippen LogP contribution in [0, 0.1) is 0 Å². The van der Waals surface area contributed by atoms with Crippen LogP contribution in [0.1, 0.15) is 15.9 Å². The van der Waals surface area contributed by atoms with Gasteiger partial charge in [-0.2, -0.15) is 0 Å². The molecule has 0 spiro atoms. The summed E-state index contributed by atoms with van der Waals surface area (Å²) in [5.41, 5.74) is 5.82. The normalized spacial score (nSPS) is 14.1. The summed E-state index contributed by atoms with van der Waals surface area (Å²) in [6.07, 6.45) is 2.54. The molecular weight excluding hydrogens is 492 g/mol. The number of aromatic nitrogens is 1. The van der Waals surface area contributed by atoms with Crippen LogP contribution in [0.3, 0.4) is 0 Å². The molecule has 39 heavy (non-hydrogen) atoms. The number of benzene rings is 3. The van der Waals surface area contributed by atoms with Crippen molar-refractivity contribution >= 4 is 16.7 Å². The number of hydrogen-bond acceptors (Lipinski definition) is 7. The number of aliphatic hydroxyl groups is 2. The van der Waals surface area contributed by atoms with E-state index in [1.807, 2.05) is 48.5 Å². The van der Waals surface area contributed by atoms with E-state index in [4.69, 9.17) is 14.5 Å². The fourth-order valence-corrected chi connectivity index (χ4v) is 4.88. The number of methoxy groups -OCH3 is 1. The number of hydrogen-bond donors (Lipinski definition) is 2. The van der Waals surface area contributed by atoms with E-state index < -0.39 is 0 Å². The molecule has 0 bridgehead atoms. The van der Waals surface area contributed by atoms with Crippen LogP contribution >= 0.6 is 0 Å². The number of pyridine rings is 1. The first-order valence-corrected chi connectivity index (χ1v) is 13.1. The molecule has 0 saturated carbocycles. The van der Waals surface area contributed by atoms with E-state index in [2.05, 4.69) is 29.2 Å². The van der Waals surface area contributed by atoms with Crippen LogP contribution in [0.2, 0.25) is 0 Å². The van der Waals surface area contributed by atoms with Gasteiger partial charge in [0.05, 0.1) is 43.8 Å². The van der Waals surface area contributed by atoms with Crippen molar-refractivity contribution in [1.82, 2.24) is 9.88 Å². The maximum atomic E-state index is 12.9. The van der Waals surface area contributed by atoms with Gasteiger partial charge >= 0.3 is 0 Å². The number of nitrogens with zero attached hydrogens (tertiary/aromatic N) is 2. The lowest BCUT2D eigenvalue weighted by Gasteiger charge is -2.35. The van der Waals surface area contributed by atoms with Crippen molar-refractivity contribution in [3.05, 3.63) is 96.3 Å².